The monoisotopic (exact) mass is 328 g/mol. The Morgan fingerprint density at radius 1 is 1.42 bits per heavy atom. The Balaban J connectivity index is 1.58. The lowest BCUT2D eigenvalue weighted by molar-refractivity contribution is 0.0250. The number of H-pyrrole nitrogens is 1. The Morgan fingerprint density at radius 2 is 2.33 bits per heavy atom. The van der Waals surface area contributed by atoms with Gasteiger partial charge in [-0.05, 0) is 30.5 Å². The molecule has 0 aliphatic carbocycles. The summed E-state index contributed by atoms with van der Waals surface area (Å²) < 4.78 is 5.68. The van der Waals surface area contributed by atoms with Gasteiger partial charge >= 0.3 is 0 Å². The molecule has 2 aromatic rings. The number of nitrogens with zero attached hydrogens (tertiary/aromatic N) is 2. The molecule has 0 aromatic carbocycles. The molecule has 0 amide bonds. The van der Waals surface area contributed by atoms with Crippen LogP contribution in [-0.2, 0) is 17.6 Å². The van der Waals surface area contributed by atoms with Gasteiger partial charge in [-0.15, -0.1) is 0 Å². The van der Waals surface area contributed by atoms with Crippen molar-refractivity contribution < 1.29 is 9.53 Å². The fourth-order valence-electron chi connectivity index (χ4n) is 2.76. The van der Waals surface area contributed by atoms with E-state index in [1.165, 1.54) is 0 Å². The van der Waals surface area contributed by atoms with E-state index in [0.29, 0.717) is 18.7 Å². The predicted molar refractivity (Wildman–Crippen MR) is 91.0 cm³/mol. The second kappa shape index (κ2) is 8.17. The van der Waals surface area contributed by atoms with Gasteiger partial charge in [0.2, 0.25) is 0 Å². The second-order valence-electron chi connectivity index (χ2n) is 6.14. The van der Waals surface area contributed by atoms with Crippen molar-refractivity contribution in [1.82, 2.24) is 20.5 Å². The van der Waals surface area contributed by atoms with Crippen LogP contribution in [0.15, 0.2) is 24.4 Å². The molecule has 128 valence electrons. The van der Waals surface area contributed by atoms with Gasteiger partial charge in [0.1, 0.15) is 11.8 Å². The minimum atomic E-state index is -0.00374. The van der Waals surface area contributed by atoms with Gasteiger partial charge in [-0.2, -0.15) is 5.10 Å². The van der Waals surface area contributed by atoms with Crippen molar-refractivity contribution in [2.45, 2.75) is 38.7 Å². The molecule has 0 radical (unpaired) electrons. The molecule has 6 heteroatoms. The topological polar surface area (TPSA) is 79.9 Å². The van der Waals surface area contributed by atoms with Crippen LogP contribution < -0.4 is 5.32 Å². The van der Waals surface area contributed by atoms with Gasteiger partial charge in [0, 0.05) is 31.4 Å². The number of pyridine rings is 1. The van der Waals surface area contributed by atoms with Crippen LogP contribution in [0.3, 0.4) is 0 Å². The number of aromatic amines is 1. The molecule has 1 atom stereocenters. The summed E-state index contributed by atoms with van der Waals surface area (Å²) in [5.74, 6) is 0.0131. The van der Waals surface area contributed by atoms with Gasteiger partial charge in [-0.1, -0.05) is 19.4 Å². The molecule has 1 aliphatic heterocycles. The third kappa shape index (κ3) is 4.27. The number of ketones is 1. The number of hydrogen-bond donors (Lipinski definition) is 2. The molecule has 1 aliphatic rings. The third-order valence-corrected chi connectivity index (χ3v) is 4.19. The average Bonchev–Trinajstić information content (AvgIpc) is 3.10. The fraction of sp³-hybridized carbons (Fsp3) is 0.500. The highest BCUT2D eigenvalue weighted by Crippen LogP contribution is 2.17. The highest BCUT2D eigenvalue weighted by atomic mass is 16.5. The zero-order chi connectivity index (χ0) is 16.8. The van der Waals surface area contributed by atoms with Crippen LogP contribution in [0.1, 0.15) is 53.3 Å². The van der Waals surface area contributed by atoms with E-state index in [-0.39, 0.29) is 11.9 Å². The maximum atomic E-state index is 12.3. The second-order valence-corrected chi connectivity index (χ2v) is 6.14. The number of rotatable bonds is 7. The Hall–Kier alpha value is -2.05. The number of unbranched alkanes of at least 4 members (excludes halogenated alkanes) is 1. The van der Waals surface area contributed by atoms with Crippen molar-refractivity contribution in [3.8, 4) is 0 Å². The van der Waals surface area contributed by atoms with Crippen molar-refractivity contribution in [2.24, 2.45) is 0 Å². The van der Waals surface area contributed by atoms with Crippen LogP contribution >= 0.6 is 0 Å². The van der Waals surface area contributed by atoms with E-state index in [0.717, 1.165) is 49.3 Å². The van der Waals surface area contributed by atoms with Crippen molar-refractivity contribution in [2.75, 3.05) is 19.7 Å². The predicted octanol–water partition coefficient (Wildman–Crippen LogP) is 2.23. The first-order chi connectivity index (χ1) is 11.8. The number of ether oxygens (including phenoxy) is 1. The quantitative estimate of drug-likeness (QED) is 0.762. The summed E-state index contributed by atoms with van der Waals surface area (Å²) in [5.41, 5.74) is 3.33. The lowest BCUT2D eigenvalue weighted by Gasteiger charge is -2.23. The molecular formula is C18H24N4O2. The Bertz CT molecular complexity index is 660. The number of aromatic nitrogens is 3. The maximum absolute atomic E-state index is 12.3. The molecule has 2 aromatic heterocycles. The van der Waals surface area contributed by atoms with Gasteiger partial charge < -0.3 is 10.1 Å². The molecule has 6 nitrogen and oxygen atoms in total. The number of aryl methyl sites for hydroxylation is 1. The molecule has 0 unspecified atom stereocenters. The Morgan fingerprint density at radius 3 is 3.04 bits per heavy atom. The molecule has 0 spiro atoms. The summed E-state index contributed by atoms with van der Waals surface area (Å²) in [6.45, 7) is 4.51. The van der Waals surface area contributed by atoms with Crippen LogP contribution in [0, 0.1) is 0 Å². The minimum Gasteiger partial charge on any atom is -0.369 e. The molecule has 0 bridgehead atoms. The third-order valence-electron chi connectivity index (χ3n) is 4.19. The van der Waals surface area contributed by atoms with E-state index in [9.17, 15) is 4.79 Å². The number of carbonyl (C=O) groups is 1. The van der Waals surface area contributed by atoms with Gasteiger partial charge in [0.15, 0.2) is 5.78 Å². The zero-order valence-electron chi connectivity index (χ0n) is 14.0. The van der Waals surface area contributed by atoms with Gasteiger partial charge in [0.25, 0.3) is 0 Å². The van der Waals surface area contributed by atoms with E-state index in [1.54, 1.807) is 6.20 Å². The minimum absolute atomic E-state index is 0.00374. The molecule has 24 heavy (non-hydrogen) atoms. The number of carbonyl (C=O) groups excluding carboxylic acids is 1. The Labute approximate surface area is 142 Å². The van der Waals surface area contributed by atoms with E-state index >= 15 is 0 Å². The summed E-state index contributed by atoms with van der Waals surface area (Å²) in [6, 6.07) is 5.75. The molecular weight excluding hydrogens is 304 g/mol. The van der Waals surface area contributed by atoms with Crippen molar-refractivity contribution in [3.63, 3.8) is 0 Å². The van der Waals surface area contributed by atoms with Crippen LogP contribution in [-0.4, -0.2) is 40.7 Å². The van der Waals surface area contributed by atoms with E-state index in [1.807, 2.05) is 18.2 Å². The van der Waals surface area contributed by atoms with Gasteiger partial charge in [-0.25, -0.2) is 0 Å². The molecule has 3 heterocycles. The Kier molecular flexibility index (Phi) is 5.72. The first-order valence-electron chi connectivity index (χ1n) is 8.61. The smallest absolute Gasteiger partial charge is 0.187 e. The van der Waals surface area contributed by atoms with E-state index < -0.39 is 0 Å². The van der Waals surface area contributed by atoms with Crippen LogP contribution in [0.4, 0.5) is 0 Å². The van der Waals surface area contributed by atoms with E-state index in [2.05, 4.69) is 27.4 Å². The largest absolute Gasteiger partial charge is 0.369 e. The molecule has 0 saturated carbocycles. The number of morpholine rings is 1. The molecule has 1 saturated heterocycles. The van der Waals surface area contributed by atoms with Crippen LogP contribution in [0.25, 0.3) is 0 Å². The summed E-state index contributed by atoms with van der Waals surface area (Å²) >= 11 is 0. The van der Waals surface area contributed by atoms with Crippen LogP contribution in [0.5, 0.6) is 0 Å². The molecule has 3 rings (SSSR count). The van der Waals surface area contributed by atoms with Crippen molar-refractivity contribution in [3.05, 3.63) is 47.0 Å². The van der Waals surface area contributed by atoms with Crippen molar-refractivity contribution in [1.29, 1.82) is 0 Å². The lowest BCUT2D eigenvalue weighted by Crippen LogP contribution is -2.33. The first-order valence-corrected chi connectivity index (χ1v) is 8.61. The lowest BCUT2D eigenvalue weighted by atomic mass is 10.1. The van der Waals surface area contributed by atoms with E-state index in [4.69, 9.17) is 4.74 Å². The molecule has 1 fully saturated rings. The number of hydrogen-bond acceptors (Lipinski definition) is 5. The summed E-state index contributed by atoms with van der Waals surface area (Å²) in [7, 11) is 0. The highest BCUT2D eigenvalue weighted by Gasteiger charge is 2.17. The molecule has 2 N–H and O–H groups in total. The highest BCUT2D eigenvalue weighted by molar-refractivity contribution is 5.95. The fourth-order valence-corrected chi connectivity index (χ4v) is 2.76. The van der Waals surface area contributed by atoms with Crippen LogP contribution in [0.2, 0.25) is 0 Å². The zero-order valence-corrected chi connectivity index (χ0v) is 14.0. The number of Topliss-reactive ketones (excluding diaryl/α,β-unsaturated/α-hetero) is 1. The maximum Gasteiger partial charge on any atom is 0.187 e. The summed E-state index contributed by atoms with van der Waals surface area (Å²) in [6.07, 6.45) is 5.23. The number of nitrogens with one attached hydrogen (secondary N) is 2. The van der Waals surface area contributed by atoms with Gasteiger partial charge in [0.05, 0.1) is 12.3 Å². The summed E-state index contributed by atoms with van der Waals surface area (Å²) in [5, 5.41) is 10.4. The normalized spacial score (nSPS) is 17.8. The SMILES string of the molecule is CCCCc1cc(C(=O)Cc2ccc([C@@H]3CNCCO3)nc2)n[nH]1. The van der Waals surface area contributed by atoms with Gasteiger partial charge in [-0.3, -0.25) is 14.9 Å². The summed E-state index contributed by atoms with van der Waals surface area (Å²) in [4.78, 5) is 16.8. The van der Waals surface area contributed by atoms with Crippen molar-refractivity contribution >= 4 is 5.78 Å². The average molecular weight is 328 g/mol. The standard InChI is InChI=1S/C18H24N4O2/c1-2-3-4-14-10-16(22-21-14)17(23)9-13-5-6-15(20-11-13)18-12-19-7-8-24-18/h5-6,10-11,18-19H,2-4,7-9,12H2,1H3,(H,21,22)/t18-/m0/s1. The first kappa shape index (κ1) is 16.8.